The van der Waals surface area contributed by atoms with Gasteiger partial charge >= 0.3 is 0 Å². The van der Waals surface area contributed by atoms with Gasteiger partial charge in [-0.2, -0.15) is 0 Å². The summed E-state index contributed by atoms with van der Waals surface area (Å²) in [4.78, 5) is 0. The van der Waals surface area contributed by atoms with Crippen LogP contribution in [0.5, 0.6) is 5.75 Å². The fourth-order valence-electron chi connectivity index (χ4n) is 6.26. The average molecular weight is 543 g/mol. The molecule has 1 aromatic carbocycles. The lowest BCUT2D eigenvalue weighted by Crippen LogP contribution is -2.18. The largest absolute Gasteiger partial charge is 0.507 e. The normalized spacial score (nSPS) is 13.6. The van der Waals surface area contributed by atoms with Gasteiger partial charge in [0.15, 0.2) is 0 Å². The first-order valence-electron chi connectivity index (χ1n) is 17.7. The zero-order valence-electron chi connectivity index (χ0n) is 27.8. The first-order valence-corrected chi connectivity index (χ1v) is 17.7. The van der Waals surface area contributed by atoms with Crippen LogP contribution in [0.15, 0.2) is 12.1 Å². The van der Waals surface area contributed by atoms with Crippen LogP contribution < -0.4 is 0 Å². The van der Waals surface area contributed by atoms with E-state index in [9.17, 15) is 5.11 Å². The molecule has 2 atom stereocenters. The zero-order chi connectivity index (χ0) is 28.9. The van der Waals surface area contributed by atoms with Crippen LogP contribution in [0, 0.1) is 0 Å². The van der Waals surface area contributed by atoms with Crippen molar-refractivity contribution in [3.05, 3.63) is 28.8 Å². The van der Waals surface area contributed by atoms with Gasteiger partial charge < -0.3 is 5.11 Å². The smallest absolute Gasteiger partial charge is 0.122 e. The predicted octanol–water partition coefficient (Wildman–Crippen LogP) is 13.5. The molecule has 0 fully saturated rings. The Kier molecular flexibility index (Phi) is 20.1. The Morgan fingerprint density at radius 1 is 0.538 bits per heavy atom. The molecule has 1 heteroatoms. The van der Waals surface area contributed by atoms with Crippen molar-refractivity contribution >= 4 is 0 Å². The van der Waals surface area contributed by atoms with Crippen molar-refractivity contribution in [3.8, 4) is 5.75 Å². The van der Waals surface area contributed by atoms with Gasteiger partial charge in [0.25, 0.3) is 0 Å². The maximum Gasteiger partial charge on any atom is 0.122 e. The third-order valence-corrected chi connectivity index (χ3v) is 9.40. The molecule has 0 saturated carbocycles. The lowest BCUT2D eigenvalue weighted by atomic mass is 9.76. The van der Waals surface area contributed by atoms with Crippen molar-refractivity contribution in [2.45, 2.75) is 207 Å². The molecule has 0 radical (unpaired) electrons. The molecule has 0 aliphatic rings. The minimum atomic E-state index is 0.156. The lowest BCUT2D eigenvalue weighted by molar-refractivity contribution is 0.429. The van der Waals surface area contributed by atoms with Crippen molar-refractivity contribution in [1.29, 1.82) is 0 Å². The van der Waals surface area contributed by atoms with Crippen molar-refractivity contribution in [1.82, 2.24) is 0 Å². The monoisotopic (exact) mass is 543 g/mol. The molecule has 1 aromatic rings. The molecule has 228 valence electrons. The van der Waals surface area contributed by atoms with Crippen LogP contribution in [-0.4, -0.2) is 5.11 Å². The van der Waals surface area contributed by atoms with Gasteiger partial charge in [0.2, 0.25) is 0 Å². The molecule has 0 amide bonds. The van der Waals surface area contributed by atoms with Crippen LogP contribution in [0.4, 0.5) is 0 Å². The highest BCUT2D eigenvalue weighted by molar-refractivity contribution is 5.49. The zero-order valence-corrected chi connectivity index (χ0v) is 27.8. The predicted molar refractivity (Wildman–Crippen MR) is 177 cm³/mol. The van der Waals surface area contributed by atoms with E-state index < -0.39 is 0 Å². The molecular weight excluding hydrogens is 472 g/mol. The first kappa shape index (κ1) is 36.0. The Morgan fingerprint density at radius 3 is 1.26 bits per heavy atom. The molecule has 0 heterocycles. The molecular formula is C38H70O. The van der Waals surface area contributed by atoms with E-state index in [1.54, 1.807) is 0 Å². The van der Waals surface area contributed by atoms with Crippen molar-refractivity contribution < 1.29 is 5.11 Å². The Bertz CT molecular complexity index is 670. The van der Waals surface area contributed by atoms with Gasteiger partial charge in [0.1, 0.15) is 5.75 Å². The standard InChI is InChI=1S/C38H70O/c1-8-11-14-16-18-20-22-24-27-32(4)35-30-34(38(6,7)29-26-13-10-3)31-36(37(35)39)33(5)28-25-23-21-19-17-15-12-9-2/h30-33,39H,8-29H2,1-7H3. The molecule has 0 bridgehead atoms. The van der Waals surface area contributed by atoms with Gasteiger partial charge in [-0.05, 0) is 53.2 Å². The average Bonchev–Trinajstić information content (AvgIpc) is 2.91. The minimum absolute atomic E-state index is 0.156. The summed E-state index contributed by atoms with van der Waals surface area (Å²) in [6.07, 6.45) is 29.3. The summed E-state index contributed by atoms with van der Waals surface area (Å²) in [5.41, 5.74) is 4.04. The van der Waals surface area contributed by atoms with Gasteiger partial charge in [-0.15, -0.1) is 0 Å². The number of unbranched alkanes of at least 4 members (excludes halogenated alkanes) is 16. The van der Waals surface area contributed by atoms with Gasteiger partial charge in [-0.1, -0.05) is 183 Å². The molecule has 1 N–H and O–H groups in total. The van der Waals surface area contributed by atoms with E-state index in [0.29, 0.717) is 17.6 Å². The van der Waals surface area contributed by atoms with Crippen LogP contribution in [0.25, 0.3) is 0 Å². The third-order valence-electron chi connectivity index (χ3n) is 9.40. The molecule has 39 heavy (non-hydrogen) atoms. The van der Waals surface area contributed by atoms with E-state index in [0.717, 1.165) is 0 Å². The fraction of sp³-hybridized carbons (Fsp3) is 0.842. The van der Waals surface area contributed by atoms with E-state index in [-0.39, 0.29) is 5.41 Å². The lowest BCUT2D eigenvalue weighted by Gasteiger charge is -2.29. The van der Waals surface area contributed by atoms with Crippen LogP contribution in [-0.2, 0) is 5.41 Å². The molecule has 0 aromatic heterocycles. The summed E-state index contributed by atoms with van der Waals surface area (Å²) >= 11 is 0. The fourth-order valence-corrected chi connectivity index (χ4v) is 6.26. The quantitative estimate of drug-likeness (QED) is 0.122. The molecule has 1 rings (SSSR count). The Balaban J connectivity index is 2.86. The first-order chi connectivity index (χ1) is 18.8. The summed E-state index contributed by atoms with van der Waals surface area (Å²) in [7, 11) is 0. The molecule has 0 spiro atoms. The number of phenolic OH excluding ortho intramolecular Hbond substituents is 1. The van der Waals surface area contributed by atoms with Gasteiger partial charge in [-0.3, -0.25) is 0 Å². The van der Waals surface area contributed by atoms with Crippen LogP contribution in [0.1, 0.15) is 218 Å². The summed E-state index contributed by atoms with van der Waals surface area (Å²) in [6, 6.07) is 4.78. The van der Waals surface area contributed by atoms with Gasteiger partial charge in [0.05, 0.1) is 0 Å². The summed E-state index contributed by atoms with van der Waals surface area (Å²) in [5.74, 6) is 1.46. The maximum atomic E-state index is 11.6. The number of phenols is 1. The van der Waals surface area contributed by atoms with Crippen molar-refractivity contribution in [2.75, 3.05) is 0 Å². The molecule has 0 aliphatic heterocycles. The van der Waals surface area contributed by atoms with Gasteiger partial charge in [-0.25, -0.2) is 0 Å². The highest BCUT2D eigenvalue weighted by Gasteiger charge is 2.26. The van der Waals surface area contributed by atoms with E-state index in [1.807, 2.05) is 0 Å². The number of benzene rings is 1. The molecule has 0 aliphatic carbocycles. The number of rotatable bonds is 25. The van der Waals surface area contributed by atoms with Crippen LogP contribution in [0.2, 0.25) is 0 Å². The van der Waals surface area contributed by atoms with Crippen molar-refractivity contribution in [3.63, 3.8) is 0 Å². The second-order valence-corrected chi connectivity index (χ2v) is 13.7. The van der Waals surface area contributed by atoms with Crippen LogP contribution in [0.3, 0.4) is 0 Å². The number of hydrogen-bond donors (Lipinski definition) is 1. The SMILES string of the molecule is CCCCCCCCCCC(C)c1cc(C(C)(C)CCCCC)cc(C(C)CCCCCCCCCC)c1O. The summed E-state index contributed by atoms with van der Waals surface area (Å²) < 4.78 is 0. The topological polar surface area (TPSA) is 20.2 Å². The van der Waals surface area contributed by atoms with Gasteiger partial charge in [0, 0.05) is 0 Å². The van der Waals surface area contributed by atoms with E-state index >= 15 is 0 Å². The Morgan fingerprint density at radius 2 is 0.872 bits per heavy atom. The Hall–Kier alpha value is -0.980. The third kappa shape index (κ3) is 15.0. The minimum Gasteiger partial charge on any atom is -0.507 e. The second-order valence-electron chi connectivity index (χ2n) is 13.7. The summed E-state index contributed by atoms with van der Waals surface area (Å²) in [6.45, 7) is 16.4. The van der Waals surface area contributed by atoms with Crippen LogP contribution >= 0.6 is 0 Å². The molecule has 1 nitrogen and oxygen atoms in total. The van der Waals surface area contributed by atoms with E-state index in [1.165, 1.54) is 158 Å². The highest BCUT2D eigenvalue weighted by Crippen LogP contribution is 2.42. The molecule has 2 unspecified atom stereocenters. The van der Waals surface area contributed by atoms with E-state index in [2.05, 4.69) is 60.6 Å². The highest BCUT2D eigenvalue weighted by atomic mass is 16.3. The maximum absolute atomic E-state index is 11.6. The van der Waals surface area contributed by atoms with Crippen molar-refractivity contribution in [2.24, 2.45) is 0 Å². The number of aromatic hydroxyl groups is 1. The van der Waals surface area contributed by atoms with E-state index in [4.69, 9.17) is 0 Å². The Labute approximate surface area is 246 Å². The summed E-state index contributed by atoms with van der Waals surface area (Å²) in [5, 5.41) is 11.6. The number of hydrogen-bond acceptors (Lipinski definition) is 1. The second kappa shape index (κ2) is 21.7. The molecule has 0 saturated heterocycles.